The van der Waals surface area contributed by atoms with E-state index >= 15 is 0 Å². The number of amides is 5. The van der Waals surface area contributed by atoms with E-state index in [2.05, 4.69) is 26.6 Å². The van der Waals surface area contributed by atoms with Crippen molar-refractivity contribution in [3.8, 4) is 0 Å². The Morgan fingerprint density at radius 1 is 0.710 bits per heavy atom. The number of hydrogen-bond acceptors (Lipinski definition) is 16. The van der Waals surface area contributed by atoms with E-state index in [0.717, 1.165) is 43.9 Å². The number of Topliss-reactive ketones (excluding diaryl/α,β-unsaturated/α-hetero) is 1. The first-order chi connectivity index (χ1) is 28.6. The summed E-state index contributed by atoms with van der Waals surface area (Å²) in [7, 11) is 3.84. The molecule has 7 atom stereocenters. The number of carboxylic acid groups (broad SMARTS) is 1. The number of rotatable bonds is 18. The van der Waals surface area contributed by atoms with Crippen molar-refractivity contribution in [2.45, 2.75) is 137 Å². The molecule has 4 rings (SSSR count). The largest absolute Gasteiger partial charge is 0.480 e. The quantitative estimate of drug-likeness (QED) is 0.0889. The van der Waals surface area contributed by atoms with Crippen LogP contribution in [0.15, 0.2) is 0 Å². The van der Waals surface area contributed by atoms with Crippen molar-refractivity contribution >= 4 is 101 Å². The number of ketones is 1. The predicted molar refractivity (Wildman–Crippen MR) is 252 cm³/mol. The van der Waals surface area contributed by atoms with E-state index in [1.54, 1.807) is 6.92 Å². The van der Waals surface area contributed by atoms with Gasteiger partial charge in [0, 0.05) is 48.2 Å². The summed E-state index contributed by atoms with van der Waals surface area (Å²) in [4.78, 5) is 86.0. The standard InChI is InChI=1S/C20H34N4O5S2.C11H23N3O3.C8H13NO2S2.ClH/c1-5-6-14(17(27)19(29)21-10-16(26)22-12(2)13(3)25)23-18(28)15-9-20(11-24(15)4)30-7-8-31-20;1-4-5-8(12)10(16)11(17)13-6-9(15)14-7(2)3;1-9-5-8(12-2-3-13-8)4-6(9)7(10)11;/h12,14-15,17,27H,5-11H2,1-4H3,(H,21,29)(H,22,26)(H,23,28);7-8,10,16H,4-6,12H2,1-3H3,(H,13,17)(H,14,15);6H,2-5H2,1H3,(H,10,11);1H/t12-,14?,15-,17?;;6-;/m0.0./s1. The Morgan fingerprint density at radius 2 is 1.15 bits per heavy atom. The number of aliphatic hydroxyl groups is 2. The van der Waals surface area contributed by atoms with Crippen LogP contribution >= 0.6 is 59.5 Å². The van der Waals surface area contributed by atoms with Crippen LogP contribution < -0.4 is 32.3 Å². The zero-order chi connectivity index (χ0) is 46.1. The number of carbonyl (C=O) groups is 7. The van der Waals surface area contributed by atoms with E-state index in [-0.39, 0.29) is 69.4 Å². The fraction of sp³-hybridized carbons (Fsp3) is 0.821. The maximum atomic E-state index is 12.9. The number of halogens is 1. The Bertz CT molecular complexity index is 1490. The molecule has 0 radical (unpaired) electrons. The van der Waals surface area contributed by atoms with Gasteiger partial charge in [0.05, 0.1) is 39.4 Å². The minimum absolute atomic E-state index is 0. The van der Waals surface area contributed by atoms with Crippen LogP contribution in [0.25, 0.3) is 0 Å². The minimum atomic E-state index is -1.47. The molecule has 4 fully saturated rings. The number of hydrogen-bond donors (Lipinski definition) is 9. The van der Waals surface area contributed by atoms with E-state index < -0.39 is 54.0 Å². The van der Waals surface area contributed by atoms with Crippen molar-refractivity contribution in [3.05, 3.63) is 0 Å². The van der Waals surface area contributed by atoms with Gasteiger partial charge in [0.2, 0.25) is 17.7 Å². The minimum Gasteiger partial charge on any atom is -0.480 e. The van der Waals surface area contributed by atoms with Crippen LogP contribution in [0.5, 0.6) is 0 Å². The van der Waals surface area contributed by atoms with Gasteiger partial charge in [-0.1, -0.05) is 26.7 Å². The molecular formula is C39H71ClN8O10S4. The van der Waals surface area contributed by atoms with Crippen LogP contribution in [0.2, 0.25) is 0 Å². The molecule has 0 aromatic carbocycles. The van der Waals surface area contributed by atoms with Crippen molar-refractivity contribution in [1.29, 1.82) is 0 Å². The van der Waals surface area contributed by atoms with Crippen LogP contribution in [0.3, 0.4) is 0 Å². The lowest BCUT2D eigenvalue weighted by Gasteiger charge is -2.26. The first kappa shape index (κ1) is 58.0. The van der Waals surface area contributed by atoms with Gasteiger partial charge in [-0.25, -0.2) is 0 Å². The number of carbonyl (C=O) groups excluding carboxylic acids is 6. The van der Waals surface area contributed by atoms with Crippen molar-refractivity contribution in [1.82, 2.24) is 36.4 Å². The first-order valence-corrected chi connectivity index (χ1v) is 24.8. The number of aliphatic hydroxyl groups excluding tert-OH is 2. The Morgan fingerprint density at radius 3 is 1.56 bits per heavy atom. The molecule has 0 bridgehead atoms. The third-order valence-electron chi connectivity index (χ3n) is 10.4. The molecule has 62 heavy (non-hydrogen) atoms. The topological polar surface area (TPSA) is 273 Å². The Kier molecular flexibility index (Phi) is 26.3. The molecule has 4 heterocycles. The van der Waals surface area contributed by atoms with E-state index in [9.17, 15) is 43.8 Å². The second-order valence-corrected chi connectivity index (χ2v) is 22.6. The van der Waals surface area contributed by atoms with Gasteiger partial charge in [0.1, 0.15) is 12.1 Å². The van der Waals surface area contributed by atoms with Gasteiger partial charge in [-0.2, -0.15) is 0 Å². The van der Waals surface area contributed by atoms with Gasteiger partial charge in [-0.15, -0.1) is 59.5 Å². The Labute approximate surface area is 389 Å². The van der Waals surface area contributed by atoms with E-state index in [0.29, 0.717) is 19.3 Å². The first-order valence-electron chi connectivity index (χ1n) is 20.9. The molecule has 4 unspecified atom stereocenters. The van der Waals surface area contributed by atoms with Crippen LogP contribution in [0, 0.1) is 0 Å². The Hall–Kier alpha value is -2.02. The summed E-state index contributed by atoms with van der Waals surface area (Å²) in [5, 5.41) is 41.7. The van der Waals surface area contributed by atoms with Gasteiger partial charge in [-0.3, -0.25) is 43.4 Å². The van der Waals surface area contributed by atoms with Crippen molar-refractivity contribution < 1.29 is 48.9 Å². The molecule has 10 N–H and O–H groups in total. The highest BCUT2D eigenvalue weighted by Crippen LogP contribution is 2.52. The highest BCUT2D eigenvalue weighted by atomic mass is 35.5. The average Bonchev–Trinajstić information content (AvgIpc) is 4.00. The number of likely N-dealkylation sites (tertiary alicyclic amines) is 2. The SMILES string of the molecule is CCCC(N)C(O)C(=O)NCC(=O)NC(C)C.CCCC(NC(=O)[C@@H]1CC2(CN1C)SCCS2)C(O)C(=O)NCC(=O)N[C@@H](C)C(C)=O.CN1CC2(C[C@H]1C(=O)O)SCCS2.Cl. The molecular weight excluding hydrogens is 904 g/mol. The normalized spacial score (nSPS) is 22.4. The highest BCUT2D eigenvalue weighted by molar-refractivity contribution is 8.21. The molecule has 0 saturated carbocycles. The van der Waals surface area contributed by atoms with Gasteiger partial charge in [-0.05, 0) is 67.5 Å². The lowest BCUT2D eigenvalue weighted by Crippen LogP contribution is -2.55. The third-order valence-corrected chi connectivity index (χ3v) is 17.3. The second kappa shape index (κ2) is 28.1. The molecule has 0 aromatic rings. The van der Waals surface area contributed by atoms with Crippen LogP contribution in [-0.2, 0) is 33.6 Å². The number of likely N-dealkylation sites (N-methyl/N-ethyl adjacent to an activating group) is 2. The summed E-state index contributed by atoms with van der Waals surface area (Å²) in [5.41, 5.74) is 5.60. The smallest absolute Gasteiger partial charge is 0.320 e. The van der Waals surface area contributed by atoms with Crippen LogP contribution in [-0.4, -0.2) is 186 Å². The molecule has 2 spiro atoms. The van der Waals surface area contributed by atoms with E-state index in [1.807, 2.05) is 98.6 Å². The van der Waals surface area contributed by atoms with Gasteiger partial charge >= 0.3 is 5.97 Å². The van der Waals surface area contributed by atoms with Crippen LogP contribution in [0.4, 0.5) is 0 Å². The van der Waals surface area contributed by atoms with Crippen LogP contribution in [0.1, 0.15) is 80.1 Å². The molecule has 4 saturated heterocycles. The Balaban J connectivity index is 0.000000519. The van der Waals surface area contributed by atoms with Crippen molar-refractivity contribution in [2.24, 2.45) is 5.73 Å². The monoisotopic (exact) mass is 974 g/mol. The molecule has 0 aromatic heterocycles. The molecule has 18 nitrogen and oxygen atoms in total. The lowest BCUT2D eigenvalue weighted by molar-refractivity contribution is -0.141. The summed E-state index contributed by atoms with van der Waals surface area (Å²) in [5.74, 6) is 1.30. The number of aliphatic carboxylic acids is 1. The summed E-state index contributed by atoms with van der Waals surface area (Å²) in [6.07, 6.45) is 1.25. The number of nitrogens with zero attached hydrogens (tertiary/aromatic N) is 2. The van der Waals surface area contributed by atoms with Crippen molar-refractivity contribution in [3.63, 3.8) is 0 Å². The van der Waals surface area contributed by atoms with E-state index in [1.165, 1.54) is 18.4 Å². The third kappa shape index (κ3) is 18.8. The lowest BCUT2D eigenvalue weighted by atomic mass is 10.0. The van der Waals surface area contributed by atoms with E-state index in [4.69, 9.17) is 10.8 Å². The number of thioether (sulfide) groups is 4. The van der Waals surface area contributed by atoms with Gasteiger partial charge in [0.25, 0.3) is 11.8 Å². The molecule has 4 aliphatic rings. The maximum absolute atomic E-state index is 12.9. The molecule has 358 valence electrons. The summed E-state index contributed by atoms with van der Waals surface area (Å²) in [6.45, 7) is 11.6. The second-order valence-electron chi connectivity index (χ2n) is 16.1. The fourth-order valence-corrected chi connectivity index (χ4v) is 13.8. The number of nitrogens with two attached hydrogens (primary N) is 1. The van der Waals surface area contributed by atoms with Crippen molar-refractivity contribution in [2.75, 3.05) is 63.3 Å². The molecule has 0 aliphatic carbocycles. The average molecular weight is 976 g/mol. The molecule has 4 aliphatic heterocycles. The summed E-state index contributed by atoms with van der Waals surface area (Å²) >= 11 is 7.67. The summed E-state index contributed by atoms with van der Waals surface area (Å²) in [6, 6.07) is -2.53. The predicted octanol–water partition coefficient (Wildman–Crippen LogP) is 0.211. The zero-order valence-electron chi connectivity index (χ0n) is 37.2. The maximum Gasteiger partial charge on any atom is 0.320 e. The zero-order valence-corrected chi connectivity index (χ0v) is 41.3. The van der Waals surface area contributed by atoms with Gasteiger partial charge < -0.3 is 47.6 Å². The highest BCUT2D eigenvalue weighted by Gasteiger charge is 2.49. The molecule has 23 heteroatoms. The fourth-order valence-electron chi connectivity index (χ4n) is 7.07. The number of nitrogens with one attached hydrogen (secondary N) is 5. The van der Waals surface area contributed by atoms with Gasteiger partial charge in [0.15, 0.2) is 11.9 Å². The molecule has 5 amide bonds. The number of carboxylic acids is 1. The summed E-state index contributed by atoms with van der Waals surface area (Å²) < 4.78 is 0.245.